The predicted octanol–water partition coefficient (Wildman–Crippen LogP) is 3.55. The molecule has 0 bridgehead atoms. The normalized spacial score (nSPS) is 21.4. The van der Waals surface area contributed by atoms with E-state index in [0.29, 0.717) is 12.8 Å². The van der Waals surface area contributed by atoms with E-state index in [-0.39, 0.29) is 52.6 Å². The minimum Gasteiger partial charge on any atom is -0.464 e. The standard InChI is InChI=1S/C34H41NO9/c36-21-29-31(41-22-26-11-4-1-5-12-26)32(42-23-27-13-6-2-7-14-27)33(43-24-28-15-8-3-9-16-28)34(44-29)40-19-10-17-30(38)39-20-18-35-25-37/h1-9,11-16,25,29,31-34,36H,10,17-24H2,(H,35,37)/t29-,31-,32+,33-,34-/m1/s1. The first kappa shape index (κ1) is 33.3. The largest absolute Gasteiger partial charge is 0.464 e. The fourth-order valence-electron chi connectivity index (χ4n) is 4.80. The summed E-state index contributed by atoms with van der Waals surface area (Å²) in [5.74, 6) is -0.394. The summed E-state index contributed by atoms with van der Waals surface area (Å²) in [6.45, 7) is 1.06. The van der Waals surface area contributed by atoms with E-state index in [9.17, 15) is 14.7 Å². The third-order valence-corrected chi connectivity index (χ3v) is 7.03. The molecule has 5 atom stereocenters. The summed E-state index contributed by atoms with van der Waals surface area (Å²) in [5, 5.41) is 12.8. The first-order chi connectivity index (χ1) is 21.7. The lowest BCUT2D eigenvalue weighted by atomic mass is 9.98. The smallest absolute Gasteiger partial charge is 0.305 e. The van der Waals surface area contributed by atoms with Gasteiger partial charge < -0.3 is 38.8 Å². The van der Waals surface area contributed by atoms with E-state index < -0.39 is 36.7 Å². The minimum absolute atomic E-state index is 0.0998. The van der Waals surface area contributed by atoms with E-state index in [0.717, 1.165) is 16.7 Å². The summed E-state index contributed by atoms with van der Waals surface area (Å²) in [6, 6.07) is 29.3. The fourth-order valence-corrected chi connectivity index (χ4v) is 4.80. The lowest BCUT2D eigenvalue weighted by Gasteiger charge is -2.45. The summed E-state index contributed by atoms with van der Waals surface area (Å²) in [7, 11) is 0. The molecule has 10 nitrogen and oxygen atoms in total. The molecule has 0 unspecified atom stereocenters. The maximum Gasteiger partial charge on any atom is 0.305 e. The van der Waals surface area contributed by atoms with Gasteiger partial charge in [-0.2, -0.15) is 0 Å². The van der Waals surface area contributed by atoms with E-state index in [1.165, 1.54) is 0 Å². The molecule has 3 aromatic rings. The molecule has 1 amide bonds. The highest BCUT2D eigenvalue weighted by Gasteiger charge is 2.48. The van der Waals surface area contributed by atoms with Crippen LogP contribution in [0.15, 0.2) is 91.0 Å². The second-order valence-corrected chi connectivity index (χ2v) is 10.3. The average Bonchev–Trinajstić information content (AvgIpc) is 3.07. The highest BCUT2D eigenvalue weighted by Crippen LogP contribution is 2.31. The molecule has 44 heavy (non-hydrogen) atoms. The summed E-state index contributed by atoms with van der Waals surface area (Å²) in [4.78, 5) is 22.4. The van der Waals surface area contributed by atoms with Crippen molar-refractivity contribution in [2.75, 3.05) is 26.4 Å². The van der Waals surface area contributed by atoms with Crippen molar-refractivity contribution in [1.29, 1.82) is 0 Å². The van der Waals surface area contributed by atoms with Gasteiger partial charge in [-0.15, -0.1) is 0 Å². The summed E-state index contributed by atoms with van der Waals surface area (Å²) < 4.78 is 36.9. The van der Waals surface area contributed by atoms with Gasteiger partial charge in [-0.3, -0.25) is 9.59 Å². The van der Waals surface area contributed by atoms with E-state index in [1.54, 1.807) is 0 Å². The molecule has 4 rings (SSSR count). The molecular formula is C34H41NO9. The lowest BCUT2D eigenvalue weighted by molar-refractivity contribution is -0.326. The third-order valence-electron chi connectivity index (χ3n) is 7.03. The number of hydrogen-bond acceptors (Lipinski definition) is 9. The number of ether oxygens (including phenoxy) is 6. The van der Waals surface area contributed by atoms with Crippen molar-refractivity contribution >= 4 is 12.4 Å². The zero-order valence-corrected chi connectivity index (χ0v) is 24.7. The van der Waals surface area contributed by atoms with Gasteiger partial charge in [0.05, 0.1) is 39.6 Å². The molecule has 1 fully saturated rings. The molecule has 2 N–H and O–H groups in total. The molecule has 3 aromatic carbocycles. The van der Waals surface area contributed by atoms with Crippen LogP contribution in [0.2, 0.25) is 0 Å². The first-order valence-corrected chi connectivity index (χ1v) is 14.8. The van der Waals surface area contributed by atoms with Crippen LogP contribution in [0.25, 0.3) is 0 Å². The molecule has 236 valence electrons. The van der Waals surface area contributed by atoms with Crippen molar-refractivity contribution in [2.45, 2.75) is 63.4 Å². The van der Waals surface area contributed by atoms with E-state index in [4.69, 9.17) is 28.4 Å². The Kier molecular flexibility index (Phi) is 14.3. The van der Waals surface area contributed by atoms with Crippen molar-refractivity contribution < 1.29 is 43.1 Å². The number of carbonyl (C=O) groups is 2. The maximum atomic E-state index is 12.1. The van der Waals surface area contributed by atoms with E-state index in [1.807, 2.05) is 91.0 Å². The first-order valence-electron chi connectivity index (χ1n) is 14.8. The number of amides is 1. The van der Waals surface area contributed by atoms with Gasteiger partial charge in [0.25, 0.3) is 0 Å². The van der Waals surface area contributed by atoms with Crippen molar-refractivity contribution in [2.24, 2.45) is 0 Å². The van der Waals surface area contributed by atoms with Crippen LogP contribution in [-0.4, -0.2) is 74.6 Å². The molecule has 1 aliphatic heterocycles. The second-order valence-electron chi connectivity index (χ2n) is 10.3. The van der Waals surface area contributed by atoms with Crippen LogP contribution in [0.4, 0.5) is 0 Å². The van der Waals surface area contributed by atoms with Gasteiger partial charge in [-0.1, -0.05) is 91.0 Å². The predicted molar refractivity (Wildman–Crippen MR) is 161 cm³/mol. The van der Waals surface area contributed by atoms with Crippen LogP contribution in [0.3, 0.4) is 0 Å². The van der Waals surface area contributed by atoms with Gasteiger partial charge in [0.1, 0.15) is 31.0 Å². The van der Waals surface area contributed by atoms with Crippen LogP contribution in [-0.2, 0) is 57.8 Å². The van der Waals surface area contributed by atoms with Crippen LogP contribution in [0, 0.1) is 0 Å². The van der Waals surface area contributed by atoms with Gasteiger partial charge in [0.2, 0.25) is 6.41 Å². The van der Waals surface area contributed by atoms with Gasteiger partial charge in [0.15, 0.2) is 6.29 Å². The van der Waals surface area contributed by atoms with Crippen LogP contribution in [0.5, 0.6) is 0 Å². The Balaban J connectivity index is 1.49. The fraction of sp³-hybridized carbons (Fsp3) is 0.412. The van der Waals surface area contributed by atoms with Gasteiger partial charge in [0, 0.05) is 6.42 Å². The summed E-state index contributed by atoms with van der Waals surface area (Å²) in [5.41, 5.74) is 2.91. The number of nitrogens with one attached hydrogen (secondary N) is 1. The number of rotatable bonds is 19. The van der Waals surface area contributed by atoms with Crippen molar-refractivity contribution in [3.05, 3.63) is 108 Å². The molecule has 1 aliphatic rings. The Morgan fingerprint density at radius 3 is 1.77 bits per heavy atom. The summed E-state index contributed by atoms with van der Waals surface area (Å²) >= 11 is 0. The van der Waals surface area contributed by atoms with Crippen molar-refractivity contribution in [1.82, 2.24) is 5.32 Å². The SMILES string of the molecule is O=CNCCOC(=O)CCCO[C@@H]1O[C@H](CO)[C@@H](OCc2ccccc2)[C@H](OCc2ccccc2)[C@H]1OCc1ccccc1. The molecule has 1 saturated heterocycles. The second kappa shape index (κ2) is 18.9. The zero-order chi connectivity index (χ0) is 30.8. The van der Waals surface area contributed by atoms with Crippen molar-refractivity contribution in [3.8, 4) is 0 Å². The molecule has 0 spiro atoms. The molecule has 0 radical (unpaired) electrons. The highest BCUT2D eigenvalue weighted by molar-refractivity contribution is 5.69. The molecule has 0 saturated carbocycles. The van der Waals surface area contributed by atoms with E-state index in [2.05, 4.69) is 5.32 Å². The number of esters is 1. The van der Waals surface area contributed by atoms with Gasteiger partial charge >= 0.3 is 5.97 Å². The quantitative estimate of drug-likeness (QED) is 0.120. The number of benzene rings is 3. The molecule has 1 heterocycles. The topological polar surface area (TPSA) is 122 Å². The highest BCUT2D eigenvalue weighted by atomic mass is 16.7. The number of hydrogen-bond donors (Lipinski definition) is 2. The molecular weight excluding hydrogens is 566 g/mol. The number of carbonyl (C=O) groups excluding carboxylic acids is 2. The van der Waals surface area contributed by atoms with Gasteiger partial charge in [-0.05, 0) is 23.1 Å². The zero-order valence-electron chi connectivity index (χ0n) is 24.7. The Labute approximate surface area is 258 Å². The Morgan fingerprint density at radius 2 is 1.25 bits per heavy atom. The van der Waals surface area contributed by atoms with Crippen LogP contribution in [0.1, 0.15) is 29.5 Å². The molecule has 0 aromatic heterocycles. The number of aliphatic hydroxyl groups excluding tert-OH is 1. The Morgan fingerprint density at radius 1 is 0.727 bits per heavy atom. The van der Waals surface area contributed by atoms with Crippen LogP contribution < -0.4 is 5.32 Å². The number of aliphatic hydroxyl groups is 1. The van der Waals surface area contributed by atoms with E-state index >= 15 is 0 Å². The maximum absolute atomic E-state index is 12.1. The Bertz CT molecular complexity index is 1220. The monoisotopic (exact) mass is 607 g/mol. The van der Waals surface area contributed by atoms with Gasteiger partial charge in [-0.25, -0.2) is 0 Å². The minimum atomic E-state index is -0.902. The Hall–Kier alpha value is -3.64. The summed E-state index contributed by atoms with van der Waals surface area (Å²) in [6.07, 6.45) is -2.65. The molecule has 10 heteroatoms. The lowest BCUT2D eigenvalue weighted by Crippen LogP contribution is -2.61. The van der Waals surface area contributed by atoms with Crippen molar-refractivity contribution in [3.63, 3.8) is 0 Å². The molecule has 0 aliphatic carbocycles. The third kappa shape index (κ3) is 10.8. The van der Waals surface area contributed by atoms with Crippen LogP contribution >= 0.6 is 0 Å². The average molecular weight is 608 g/mol.